The number of aromatic hydroxyl groups is 1. The normalized spacial score (nSPS) is 34.2. The molecule has 6 rings (SSSR count). The van der Waals surface area contributed by atoms with Gasteiger partial charge >= 0.3 is 0 Å². The Labute approximate surface area is 193 Å². The number of nitrogens with zero attached hydrogens (tertiary/aromatic N) is 1. The molecule has 2 heterocycles. The third-order valence-electron chi connectivity index (χ3n) is 8.19. The van der Waals surface area contributed by atoms with Crippen LogP contribution in [-0.4, -0.2) is 80.7 Å². The second-order valence-electron chi connectivity index (χ2n) is 10.2. The van der Waals surface area contributed by atoms with E-state index in [4.69, 9.17) is 10.5 Å². The van der Waals surface area contributed by atoms with Crippen LogP contribution in [0.3, 0.4) is 0 Å². The molecule has 4 atom stereocenters. The van der Waals surface area contributed by atoms with E-state index in [1.54, 1.807) is 17.0 Å². The fourth-order valence-electron chi connectivity index (χ4n) is 6.59. The molecule has 1 aromatic carbocycles. The number of nitrogens with two attached hydrogens (primary N) is 1. The Kier molecular flexibility index (Phi) is 4.19. The van der Waals surface area contributed by atoms with Gasteiger partial charge in [-0.15, -0.1) is 0 Å². The topological polar surface area (TPSA) is 171 Å². The number of likely N-dealkylation sites (tertiary alicyclic amines) is 1. The van der Waals surface area contributed by atoms with Gasteiger partial charge in [-0.25, -0.2) is 0 Å². The van der Waals surface area contributed by atoms with Crippen LogP contribution in [0.5, 0.6) is 5.75 Å². The Morgan fingerprint density at radius 2 is 1.85 bits per heavy atom. The third-order valence-corrected chi connectivity index (χ3v) is 8.19. The maximum absolute atomic E-state index is 13.8. The summed E-state index contributed by atoms with van der Waals surface area (Å²) in [7, 11) is 0. The van der Waals surface area contributed by atoms with Gasteiger partial charge < -0.3 is 30.9 Å². The first kappa shape index (κ1) is 21.3. The highest BCUT2D eigenvalue weighted by molar-refractivity contribution is 6.24. The Hall–Kier alpha value is -3.21. The Morgan fingerprint density at radius 3 is 2.47 bits per heavy atom. The number of primary amides is 1. The number of hydrogen-bond acceptors (Lipinski definition) is 9. The maximum atomic E-state index is 13.8. The van der Waals surface area contributed by atoms with E-state index in [0.29, 0.717) is 38.3 Å². The average molecular weight is 468 g/mol. The van der Waals surface area contributed by atoms with E-state index in [9.17, 15) is 34.8 Å². The van der Waals surface area contributed by atoms with E-state index in [2.05, 4.69) is 0 Å². The van der Waals surface area contributed by atoms with Crippen molar-refractivity contribution < 1.29 is 39.5 Å². The molecule has 1 amide bonds. The minimum absolute atomic E-state index is 0.0855. The molecular formula is C24H24N2O8. The standard InChI is InChI=1S/C24H24N2O8/c25-22(32)16-19(29)17(26-6-23(7-26)8-34-9-23)12-5-11-4-10-2-1-3-13(27)14(10)18(28)15(11)20(30)24(12,33)21(16)31/h1-3,11-12,17,27-28,31,33H,4-9H2,(H2,25,32). The predicted molar refractivity (Wildman–Crippen MR) is 115 cm³/mol. The van der Waals surface area contributed by atoms with Crippen molar-refractivity contribution in [1.29, 1.82) is 0 Å². The van der Waals surface area contributed by atoms with Crippen molar-refractivity contribution in [2.45, 2.75) is 24.5 Å². The number of phenols is 1. The number of amides is 1. The molecule has 0 aromatic heterocycles. The first-order valence-corrected chi connectivity index (χ1v) is 11.2. The Morgan fingerprint density at radius 1 is 1.15 bits per heavy atom. The summed E-state index contributed by atoms with van der Waals surface area (Å²) in [5.74, 6) is -6.30. The number of carbonyl (C=O) groups is 3. The van der Waals surface area contributed by atoms with Crippen molar-refractivity contribution in [2.75, 3.05) is 26.3 Å². The highest BCUT2D eigenvalue weighted by Crippen LogP contribution is 2.54. The zero-order valence-corrected chi connectivity index (χ0v) is 18.2. The van der Waals surface area contributed by atoms with E-state index < -0.39 is 58.0 Å². The van der Waals surface area contributed by atoms with Gasteiger partial charge in [0, 0.05) is 30.0 Å². The average Bonchev–Trinajstić information content (AvgIpc) is 2.70. The lowest BCUT2D eigenvalue weighted by Crippen LogP contribution is -2.74. The number of ether oxygens (including phenoxy) is 1. The van der Waals surface area contributed by atoms with Crippen LogP contribution in [0.1, 0.15) is 17.5 Å². The van der Waals surface area contributed by atoms with Crippen LogP contribution in [0.25, 0.3) is 5.76 Å². The number of aliphatic hydroxyl groups is 3. The SMILES string of the molecule is NC(=O)C1=C(O)C2(O)C(=O)C3=C(O)c4c(O)cccc4CC3CC2C(N2CC3(COC3)C2)C1=O. The zero-order chi connectivity index (χ0) is 24.2. The van der Waals surface area contributed by atoms with Gasteiger partial charge in [-0.1, -0.05) is 12.1 Å². The molecule has 5 aliphatic rings. The highest BCUT2D eigenvalue weighted by Gasteiger charge is 2.66. The summed E-state index contributed by atoms with van der Waals surface area (Å²) in [5.41, 5.74) is 2.51. The lowest BCUT2D eigenvalue weighted by Gasteiger charge is -2.60. The second kappa shape index (κ2) is 6.68. The molecular weight excluding hydrogens is 444 g/mol. The van der Waals surface area contributed by atoms with Crippen molar-refractivity contribution in [3.05, 3.63) is 46.2 Å². The van der Waals surface area contributed by atoms with Gasteiger partial charge in [0.25, 0.3) is 5.91 Å². The van der Waals surface area contributed by atoms with E-state index in [1.165, 1.54) is 6.07 Å². The Balaban J connectivity index is 1.50. The van der Waals surface area contributed by atoms with Crippen LogP contribution in [-0.2, 0) is 25.5 Å². The van der Waals surface area contributed by atoms with Gasteiger partial charge in [-0.3, -0.25) is 19.3 Å². The number of ketones is 2. The summed E-state index contributed by atoms with van der Waals surface area (Å²) >= 11 is 0. The second-order valence-corrected chi connectivity index (χ2v) is 10.2. The summed E-state index contributed by atoms with van der Waals surface area (Å²) in [5, 5.41) is 43.9. The highest BCUT2D eigenvalue weighted by atomic mass is 16.5. The summed E-state index contributed by atoms with van der Waals surface area (Å²) in [6, 6.07) is 3.71. The van der Waals surface area contributed by atoms with Crippen molar-refractivity contribution in [2.24, 2.45) is 23.0 Å². The fourth-order valence-corrected chi connectivity index (χ4v) is 6.59. The number of aliphatic hydroxyl groups excluding tert-OH is 2. The van der Waals surface area contributed by atoms with Gasteiger partial charge in [-0.2, -0.15) is 0 Å². The molecule has 3 aliphatic carbocycles. The molecule has 1 saturated carbocycles. The fraction of sp³-hybridized carbons (Fsp3) is 0.458. The first-order valence-electron chi connectivity index (χ1n) is 11.2. The molecule has 34 heavy (non-hydrogen) atoms. The van der Waals surface area contributed by atoms with Gasteiger partial charge in [0.15, 0.2) is 11.4 Å². The molecule has 4 unspecified atom stereocenters. The molecule has 10 nitrogen and oxygen atoms in total. The first-order chi connectivity index (χ1) is 16.1. The molecule has 1 spiro atoms. The number of Topliss-reactive ketones (excluding diaryl/α,β-unsaturated/α-hetero) is 2. The van der Waals surface area contributed by atoms with E-state index in [0.717, 1.165) is 0 Å². The lowest BCUT2D eigenvalue weighted by atomic mass is 9.56. The largest absolute Gasteiger partial charge is 0.508 e. The van der Waals surface area contributed by atoms with Crippen molar-refractivity contribution in [1.82, 2.24) is 4.90 Å². The summed E-state index contributed by atoms with van der Waals surface area (Å²) in [6.07, 6.45) is 0.399. The van der Waals surface area contributed by atoms with Gasteiger partial charge in [0.2, 0.25) is 5.78 Å². The molecule has 2 aliphatic heterocycles. The minimum atomic E-state index is -2.61. The molecule has 0 radical (unpaired) electrons. The number of rotatable bonds is 2. The van der Waals surface area contributed by atoms with Crippen molar-refractivity contribution in [3.63, 3.8) is 0 Å². The number of benzene rings is 1. The monoisotopic (exact) mass is 468 g/mol. The number of fused-ring (bicyclic) bond motifs is 3. The zero-order valence-electron chi connectivity index (χ0n) is 18.2. The van der Waals surface area contributed by atoms with Crippen molar-refractivity contribution >= 4 is 23.2 Å². The van der Waals surface area contributed by atoms with Crippen LogP contribution in [0.15, 0.2) is 35.1 Å². The predicted octanol–water partition coefficient (Wildman–Crippen LogP) is -0.265. The van der Waals surface area contributed by atoms with E-state index >= 15 is 0 Å². The molecule has 10 heteroatoms. The maximum Gasteiger partial charge on any atom is 0.255 e. The minimum Gasteiger partial charge on any atom is -0.508 e. The molecule has 3 fully saturated rings. The molecule has 178 valence electrons. The smallest absolute Gasteiger partial charge is 0.255 e. The summed E-state index contributed by atoms with van der Waals surface area (Å²) in [4.78, 5) is 41.1. The third kappa shape index (κ3) is 2.47. The number of phenolic OH excluding ortho intramolecular Hbond substituents is 1. The number of carbonyl (C=O) groups excluding carboxylic acids is 3. The number of hydrogen-bond donors (Lipinski definition) is 5. The van der Waals surface area contributed by atoms with Crippen molar-refractivity contribution in [3.8, 4) is 5.75 Å². The van der Waals surface area contributed by atoms with E-state index in [-0.39, 0.29) is 28.7 Å². The summed E-state index contributed by atoms with van der Waals surface area (Å²) < 4.78 is 5.30. The van der Waals surface area contributed by atoms with Crippen LogP contribution < -0.4 is 5.73 Å². The van der Waals surface area contributed by atoms with Gasteiger partial charge in [0.1, 0.15) is 22.8 Å². The van der Waals surface area contributed by atoms with Gasteiger partial charge in [0.05, 0.1) is 24.8 Å². The molecule has 2 saturated heterocycles. The van der Waals surface area contributed by atoms with Crippen LogP contribution in [0.4, 0.5) is 0 Å². The Bertz CT molecular complexity index is 1240. The van der Waals surface area contributed by atoms with Crippen LogP contribution in [0, 0.1) is 17.3 Å². The van der Waals surface area contributed by atoms with Crippen LogP contribution in [0.2, 0.25) is 0 Å². The van der Waals surface area contributed by atoms with Crippen LogP contribution >= 0.6 is 0 Å². The van der Waals surface area contributed by atoms with Gasteiger partial charge in [-0.05, 0) is 30.4 Å². The molecule has 0 bridgehead atoms. The molecule has 1 aromatic rings. The summed E-state index contributed by atoms with van der Waals surface area (Å²) in [6.45, 7) is 2.08. The molecule has 6 N–H and O–H groups in total. The van der Waals surface area contributed by atoms with E-state index in [1.807, 2.05) is 0 Å². The lowest BCUT2D eigenvalue weighted by molar-refractivity contribution is -0.211. The quantitative estimate of drug-likeness (QED) is 0.367.